The molecule has 0 radical (unpaired) electrons. The molecule has 136 valence electrons. The molecule has 1 aliphatic rings. The highest BCUT2D eigenvalue weighted by molar-refractivity contribution is 5.73. The number of carbonyl (C=O) groups excluding carboxylic acids is 1. The zero-order valence-corrected chi connectivity index (χ0v) is 14.4. The Morgan fingerprint density at radius 2 is 2.00 bits per heavy atom. The highest BCUT2D eigenvalue weighted by Gasteiger charge is 2.28. The third kappa shape index (κ3) is 3.83. The molecular weight excluding hydrogens is 328 g/mol. The van der Waals surface area contributed by atoms with Gasteiger partial charge in [-0.25, -0.2) is 9.59 Å². The Morgan fingerprint density at radius 1 is 1.24 bits per heavy atom. The van der Waals surface area contributed by atoms with Crippen LogP contribution in [0.25, 0.3) is 11.2 Å². The van der Waals surface area contributed by atoms with E-state index in [9.17, 15) is 14.4 Å². The Kier molecular flexibility index (Phi) is 4.27. The minimum absolute atomic E-state index is 0.186. The predicted molar refractivity (Wildman–Crippen MR) is 91.7 cm³/mol. The maximum absolute atomic E-state index is 12.1. The number of nitrogens with one attached hydrogen (secondary N) is 4. The van der Waals surface area contributed by atoms with Gasteiger partial charge in [0.2, 0.25) is 5.95 Å². The van der Waals surface area contributed by atoms with Gasteiger partial charge in [-0.1, -0.05) is 0 Å². The van der Waals surface area contributed by atoms with E-state index >= 15 is 0 Å². The molecule has 1 atom stereocenters. The molecule has 2 aromatic heterocycles. The number of amides is 1. The Hall–Kier alpha value is -2.78. The molecule has 1 aliphatic heterocycles. The van der Waals surface area contributed by atoms with E-state index in [0.717, 1.165) is 19.3 Å². The molecular formula is C15H22N6O4. The number of carbonyl (C=O) groups is 1. The van der Waals surface area contributed by atoms with Crippen LogP contribution >= 0.6 is 0 Å². The van der Waals surface area contributed by atoms with Gasteiger partial charge < -0.3 is 19.9 Å². The van der Waals surface area contributed by atoms with E-state index in [1.165, 1.54) is 0 Å². The zero-order valence-electron chi connectivity index (χ0n) is 14.4. The van der Waals surface area contributed by atoms with Crippen molar-refractivity contribution in [1.29, 1.82) is 0 Å². The number of hydrogen-bond donors (Lipinski definition) is 4. The van der Waals surface area contributed by atoms with E-state index in [1.807, 2.05) is 4.90 Å². The molecule has 3 heterocycles. The Morgan fingerprint density at radius 3 is 2.72 bits per heavy atom. The molecule has 1 fully saturated rings. The molecule has 0 bridgehead atoms. The van der Waals surface area contributed by atoms with E-state index in [2.05, 4.69) is 25.3 Å². The Bertz CT molecular complexity index is 890. The van der Waals surface area contributed by atoms with Gasteiger partial charge in [-0.3, -0.25) is 14.8 Å². The van der Waals surface area contributed by atoms with Gasteiger partial charge in [0.1, 0.15) is 11.8 Å². The summed E-state index contributed by atoms with van der Waals surface area (Å²) in [6.45, 7) is 6.05. The first-order chi connectivity index (χ1) is 11.7. The summed E-state index contributed by atoms with van der Waals surface area (Å²) in [5.41, 5.74) is -1.36. The van der Waals surface area contributed by atoms with Crippen LogP contribution < -0.4 is 21.5 Å². The van der Waals surface area contributed by atoms with Crippen LogP contribution in [0.3, 0.4) is 0 Å². The number of H-pyrrole nitrogens is 3. The van der Waals surface area contributed by atoms with Crippen molar-refractivity contribution in [2.75, 3.05) is 11.4 Å². The summed E-state index contributed by atoms with van der Waals surface area (Å²) in [7, 11) is 0. The number of hydrogen-bond acceptors (Lipinski definition) is 6. The lowest BCUT2D eigenvalue weighted by Crippen LogP contribution is -2.52. The van der Waals surface area contributed by atoms with E-state index in [0.29, 0.717) is 12.5 Å². The topological polar surface area (TPSA) is 136 Å². The average molecular weight is 350 g/mol. The smallest absolute Gasteiger partial charge is 0.409 e. The standard InChI is InChI=1S/C15H22N6O4/c1-15(2,3)25-14(24)16-8-6-4-5-7-21(8)12-17-9-10(18-12)19-13(23)20-11(9)22/h8H,4-7H2,1-3H3,(H,16,24)(H3,17,18,19,20,22,23). The number of ether oxygens (including phenoxy) is 1. The number of nitrogens with zero attached hydrogens (tertiary/aromatic N) is 2. The number of imidazole rings is 1. The number of aromatic amines is 3. The fourth-order valence-electron chi connectivity index (χ4n) is 2.83. The molecule has 3 rings (SSSR count). The SMILES string of the molecule is CC(C)(C)OC(=O)NC1CCCCN1c1nc2[nH]c(=O)[nH]c(=O)c2[nH]1. The van der Waals surface area contributed by atoms with Crippen molar-refractivity contribution in [3.05, 3.63) is 20.8 Å². The fraction of sp³-hybridized carbons (Fsp3) is 0.600. The maximum Gasteiger partial charge on any atom is 0.409 e. The van der Waals surface area contributed by atoms with Gasteiger partial charge in [-0.2, -0.15) is 4.98 Å². The van der Waals surface area contributed by atoms with E-state index in [-0.39, 0.29) is 17.3 Å². The van der Waals surface area contributed by atoms with E-state index < -0.39 is 22.9 Å². The van der Waals surface area contributed by atoms with Crippen LogP contribution in [0.1, 0.15) is 40.0 Å². The van der Waals surface area contributed by atoms with Crippen LogP contribution in [0.5, 0.6) is 0 Å². The molecule has 10 nitrogen and oxygen atoms in total. The summed E-state index contributed by atoms with van der Waals surface area (Å²) in [6.07, 6.45) is 1.79. The predicted octanol–water partition coefficient (Wildman–Crippen LogP) is 0.781. The van der Waals surface area contributed by atoms with E-state index in [4.69, 9.17) is 4.74 Å². The molecule has 0 spiro atoms. The van der Waals surface area contributed by atoms with Crippen molar-refractivity contribution in [3.8, 4) is 0 Å². The van der Waals surface area contributed by atoms with Crippen molar-refractivity contribution < 1.29 is 9.53 Å². The first-order valence-electron chi connectivity index (χ1n) is 8.21. The zero-order chi connectivity index (χ0) is 18.2. The molecule has 1 amide bonds. The fourth-order valence-corrected chi connectivity index (χ4v) is 2.83. The van der Waals surface area contributed by atoms with E-state index in [1.54, 1.807) is 20.8 Å². The lowest BCUT2D eigenvalue weighted by molar-refractivity contribution is 0.0495. The van der Waals surface area contributed by atoms with Crippen LogP contribution in [0.2, 0.25) is 0 Å². The normalized spacial score (nSPS) is 18.4. The third-order valence-electron chi connectivity index (χ3n) is 3.84. The monoisotopic (exact) mass is 350 g/mol. The number of piperidine rings is 1. The first kappa shape index (κ1) is 17.1. The molecule has 4 N–H and O–H groups in total. The van der Waals surface area contributed by atoms with Crippen molar-refractivity contribution in [1.82, 2.24) is 25.3 Å². The van der Waals surface area contributed by atoms with Gasteiger partial charge in [0.05, 0.1) is 0 Å². The second-order valence-electron chi connectivity index (χ2n) is 7.04. The van der Waals surface area contributed by atoms with Crippen molar-refractivity contribution in [2.24, 2.45) is 0 Å². The molecule has 10 heteroatoms. The van der Waals surface area contributed by atoms with Gasteiger partial charge >= 0.3 is 11.8 Å². The first-order valence-corrected chi connectivity index (χ1v) is 8.21. The van der Waals surface area contributed by atoms with Gasteiger partial charge in [-0.05, 0) is 40.0 Å². The second kappa shape index (κ2) is 6.26. The molecule has 1 unspecified atom stereocenters. The summed E-state index contributed by atoms with van der Waals surface area (Å²) in [6, 6.07) is 0. The van der Waals surface area contributed by atoms with Crippen LogP contribution in [0.4, 0.5) is 10.7 Å². The quantitative estimate of drug-likeness (QED) is 0.632. The van der Waals surface area contributed by atoms with Crippen molar-refractivity contribution in [2.45, 2.75) is 51.8 Å². The van der Waals surface area contributed by atoms with Crippen molar-refractivity contribution >= 4 is 23.2 Å². The summed E-state index contributed by atoms with van der Waals surface area (Å²) in [4.78, 5) is 49.0. The Balaban J connectivity index is 1.86. The van der Waals surface area contributed by atoms with Gasteiger partial charge in [0, 0.05) is 6.54 Å². The molecule has 1 saturated heterocycles. The van der Waals surface area contributed by atoms with Crippen LogP contribution in [-0.4, -0.2) is 44.3 Å². The summed E-state index contributed by atoms with van der Waals surface area (Å²) < 4.78 is 5.31. The Labute approximate surface area is 143 Å². The van der Waals surface area contributed by atoms with Crippen LogP contribution in [0.15, 0.2) is 9.59 Å². The molecule has 2 aromatic rings. The molecule has 0 saturated carbocycles. The number of fused-ring (bicyclic) bond motifs is 1. The molecule has 0 aliphatic carbocycles. The molecule has 25 heavy (non-hydrogen) atoms. The second-order valence-corrected chi connectivity index (χ2v) is 7.04. The largest absolute Gasteiger partial charge is 0.444 e. The highest BCUT2D eigenvalue weighted by atomic mass is 16.6. The highest BCUT2D eigenvalue weighted by Crippen LogP contribution is 2.22. The maximum atomic E-state index is 12.1. The number of alkyl carbamates (subject to hydrolysis) is 1. The summed E-state index contributed by atoms with van der Waals surface area (Å²) in [5.74, 6) is 0.420. The van der Waals surface area contributed by atoms with Crippen molar-refractivity contribution in [3.63, 3.8) is 0 Å². The van der Waals surface area contributed by atoms with Gasteiger partial charge in [0.25, 0.3) is 5.56 Å². The number of rotatable bonds is 2. The minimum atomic E-state index is -0.613. The molecule has 0 aromatic carbocycles. The number of anilines is 1. The van der Waals surface area contributed by atoms with Gasteiger partial charge in [0.15, 0.2) is 11.2 Å². The van der Waals surface area contributed by atoms with Crippen LogP contribution in [-0.2, 0) is 4.74 Å². The minimum Gasteiger partial charge on any atom is -0.444 e. The van der Waals surface area contributed by atoms with Crippen LogP contribution in [0, 0.1) is 0 Å². The lowest BCUT2D eigenvalue weighted by atomic mass is 10.1. The average Bonchev–Trinajstić information content (AvgIpc) is 2.89. The number of aromatic nitrogens is 4. The lowest BCUT2D eigenvalue weighted by Gasteiger charge is -2.36. The van der Waals surface area contributed by atoms with Gasteiger partial charge in [-0.15, -0.1) is 0 Å². The third-order valence-corrected chi connectivity index (χ3v) is 3.84. The summed E-state index contributed by atoms with van der Waals surface area (Å²) >= 11 is 0. The summed E-state index contributed by atoms with van der Waals surface area (Å²) in [5, 5.41) is 2.84.